The number of aliphatic hydroxyl groups excluding tert-OH is 1. The smallest absolute Gasteiger partial charge is 0.378 e. The van der Waals surface area contributed by atoms with Crippen LogP contribution in [0, 0.1) is 5.92 Å². The Balaban J connectivity index is 1.98. The van der Waals surface area contributed by atoms with Gasteiger partial charge in [-0.3, -0.25) is 4.79 Å². The molecule has 1 saturated carbocycles. The number of fused-ring (bicyclic) bond motifs is 1. The fourth-order valence-electron chi connectivity index (χ4n) is 3.33. The van der Waals surface area contributed by atoms with Gasteiger partial charge in [-0.15, -0.1) is 0 Å². The van der Waals surface area contributed by atoms with Crippen LogP contribution >= 0.6 is 0 Å². The number of hydrogen-bond acceptors (Lipinski definition) is 4. The summed E-state index contributed by atoms with van der Waals surface area (Å²) in [5.41, 5.74) is -3.10. The third-order valence-electron chi connectivity index (χ3n) is 4.59. The number of benzene rings is 1. The normalized spacial score (nSPS) is 28.3. The molecule has 3 atom stereocenters. The largest absolute Gasteiger partial charge is 0.439 e. The Labute approximate surface area is 136 Å². The van der Waals surface area contributed by atoms with Gasteiger partial charge in [0.25, 0.3) is 11.6 Å². The summed E-state index contributed by atoms with van der Waals surface area (Å²) in [6.07, 6.45) is -5.33. The Bertz CT molecular complexity index is 662. The van der Waals surface area contributed by atoms with Crippen LogP contribution in [0.5, 0.6) is 0 Å². The van der Waals surface area contributed by atoms with Crippen molar-refractivity contribution in [1.29, 1.82) is 0 Å². The number of hydrogen-bond donors (Lipinski definition) is 2. The summed E-state index contributed by atoms with van der Waals surface area (Å²) in [5.74, 6) is -2.57. The average molecular weight is 342 g/mol. The van der Waals surface area contributed by atoms with Crippen LogP contribution in [-0.4, -0.2) is 38.7 Å². The van der Waals surface area contributed by atoms with E-state index in [4.69, 9.17) is 0 Å². The number of nitrogens with zero attached hydrogens (tertiary/aromatic N) is 2. The Morgan fingerprint density at radius 1 is 1.29 bits per heavy atom. The van der Waals surface area contributed by atoms with Gasteiger partial charge in [0.05, 0.1) is 5.92 Å². The first-order valence-corrected chi connectivity index (χ1v) is 7.70. The molecule has 8 heteroatoms. The highest BCUT2D eigenvalue weighted by Crippen LogP contribution is 2.48. The van der Waals surface area contributed by atoms with Gasteiger partial charge >= 0.3 is 6.18 Å². The van der Waals surface area contributed by atoms with Crippen molar-refractivity contribution in [3.63, 3.8) is 0 Å². The Morgan fingerprint density at radius 3 is 2.58 bits per heavy atom. The zero-order valence-corrected chi connectivity index (χ0v) is 12.7. The third-order valence-corrected chi connectivity index (χ3v) is 4.59. The molecule has 5 nitrogen and oxygen atoms in total. The van der Waals surface area contributed by atoms with E-state index in [-0.39, 0.29) is 22.7 Å². The summed E-state index contributed by atoms with van der Waals surface area (Å²) in [6, 6.07) is 7.60. The molecule has 1 aromatic rings. The molecule has 3 rings (SSSR count). The average Bonchev–Trinajstić information content (AvgIpc) is 2.89. The molecule has 1 fully saturated rings. The predicted molar refractivity (Wildman–Crippen MR) is 78.6 cm³/mol. The number of hydrazone groups is 1. The van der Waals surface area contributed by atoms with Crippen molar-refractivity contribution in [2.24, 2.45) is 11.0 Å². The van der Waals surface area contributed by atoms with Gasteiger partial charge in [0.1, 0.15) is 0 Å². The minimum absolute atomic E-state index is 0.0377. The minimum atomic E-state index is -5.08. The first kappa shape index (κ1) is 16.9. The van der Waals surface area contributed by atoms with Crippen LogP contribution in [0.1, 0.15) is 37.4 Å². The second-order valence-corrected chi connectivity index (χ2v) is 6.08. The first-order valence-electron chi connectivity index (χ1n) is 7.70. The van der Waals surface area contributed by atoms with E-state index in [9.17, 15) is 28.2 Å². The van der Waals surface area contributed by atoms with Crippen molar-refractivity contribution in [1.82, 2.24) is 5.01 Å². The number of carbonyl (C=O) groups excluding carboxylic acids is 1. The highest BCUT2D eigenvalue weighted by molar-refractivity contribution is 5.94. The molecule has 0 spiro atoms. The molecule has 1 heterocycles. The lowest BCUT2D eigenvalue weighted by molar-refractivity contribution is -0.318. The Morgan fingerprint density at radius 2 is 1.96 bits per heavy atom. The molecular formula is C16H17F3N2O3. The Kier molecular flexibility index (Phi) is 4.13. The second kappa shape index (κ2) is 5.86. The molecule has 1 aliphatic carbocycles. The number of rotatable bonds is 2. The van der Waals surface area contributed by atoms with Gasteiger partial charge in [-0.05, 0) is 24.8 Å². The quantitative estimate of drug-likeness (QED) is 0.867. The maximum atomic E-state index is 13.6. The van der Waals surface area contributed by atoms with Crippen molar-refractivity contribution >= 4 is 11.6 Å². The number of carbonyl (C=O) groups is 1. The van der Waals surface area contributed by atoms with E-state index in [1.807, 2.05) is 0 Å². The fraction of sp³-hybridized carbons (Fsp3) is 0.500. The van der Waals surface area contributed by atoms with E-state index in [1.165, 1.54) is 12.1 Å². The van der Waals surface area contributed by atoms with E-state index in [0.29, 0.717) is 19.3 Å². The standard InChI is InChI=1S/C16H17F3N2O3/c17-16(18,19)15(24)11-8-4-5-9-12(11)20-21(15)14(23)13(22)10-6-2-1-3-7-10/h1-3,6-7,11,13,22,24H,4-5,8-9H2/t11-,13-,15+/m1/s1. The number of alkyl halides is 3. The maximum absolute atomic E-state index is 13.6. The lowest BCUT2D eigenvalue weighted by atomic mass is 9.80. The molecule has 130 valence electrons. The van der Waals surface area contributed by atoms with Crippen LogP contribution in [-0.2, 0) is 4.79 Å². The van der Waals surface area contributed by atoms with Crippen LogP contribution in [0.25, 0.3) is 0 Å². The van der Waals surface area contributed by atoms with Crippen molar-refractivity contribution in [3.05, 3.63) is 35.9 Å². The lowest BCUT2D eigenvalue weighted by Gasteiger charge is -2.38. The summed E-state index contributed by atoms with van der Waals surface area (Å²) in [7, 11) is 0. The van der Waals surface area contributed by atoms with Crippen LogP contribution in [0.15, 0.2) is 35.4 Å². The molecule has 1 aromatic carbocycles. The second-order valence-electron chi connectivity index (χ2n) is 6.08. The van der Waals surface area contributed by atoms with Crippen LogP contribution in [0.4, 0.5) is 13.2 Å². The highest BCUT2D eigenvalue weighted by Gasteiger charge is 2.68. The number of aliphatic hydroxyl groups is 2. The third kappa shape index (κ3) is 2.50. The van der Waals surface area contributed by atoms with Gasteiger partial charge in [0.2, 0.25) is 0 Å². The van der Waals surface area contributed by atoms with E-state index >= 15 is 0 Å². The van der Waals surface area contributed by atoms with Crippen molar-refractivity contribution < 1.29 is 28.2 Å². The summed E-state index contributed by atoms with van der Waals surface area (Å²) >= 11 is 0. The summed E-state index contributed by atoms with van der Waals surface area (Å²) in [4.78, 5) is 12.5. The zero-order valence-electron chi connectivity index (χ0n) is 12.7. The molecule has 0 bridgehead atoms. The predicted octanol–water partition coefficient (Wildman–Crippen LogP) is 2.36. The van der Waals surface area contributed by atoms with Crippen LogP contribution < -0.4 is 0 Å². The fourth-order valence-corrected chi connectivity index (χ4v) is 3.33. The van der Waals surface area contributed by atoms with Gasteiger partial charge in [0.15, 0.2) is 6.10 Å². The molecule has 0 aromatic heterocycles. The lowest BCUT2D eigenvalue weighted by Crippen LogP contribution is -2.62. The van der Waals surface area contributed by atoms with Gasteiger partial charge in [-0.1, -0.05) is 36.8 Å². The summed E-state index contributed by atoms with van der Waals surface area (Å²) in [5, 5.41) is 24.3. The minimum Gasteiger partial charge on any atom is -0.378 e. The van der Waals surface area contributed by atoms with Crippen LogP contribution in [0.2, 0.25) is 0 Å². The van der Waals surface area contributed by atoms with Crippen molar-refractivity contribution in [2.75, 3.05) is 0 Å². The number of amides is 1. The van der Waals surface area contributed by atoms with E-state index in [0.717, 1.165) is 0 Å². The summed E-state index contributed by atoms with van der Waals surface area (Å²) in [6.45, 7) is 0. The number of halogens is 3. The van der Waals surface area contributed by atoms with Crippen molar-refractivity contribution in [3.8, 4) is 0 Å². The van der Waals surface area contributed by atoms with Crippen LogP contribution in [0.3, 0.4) is 0 Å². The first-order chi connectivity index (χ1) is 11.3. The van der Waals surface area contributed by atoms with Crippen molar-refractivity contribution in [2.45, 2.75) is 43.7 Å². The molecule has 1 aliphatic heterocycles. The Hall–Kier alpha value is -1.93. The van der Waals surface area contributed by atoms with E-state index < -0.39 is 29.8 Å². The molecular weight excluding hydrogens is 325 g/mol. The topological polar surface area (TPSA) is 73.1 Å². The molecule has 0 unspecified atom stereocenters. The monoisotopic (exact) mass is 342 g/mol. The summed E-state index contributed by atoms with van der Waals surface area (Å²) < 4.78 is 40.8. The molecule has 24 heavy (non-hydrogen) atoms. The zero-order chi connectivity index (χ0) is 17.5. The molecule has 0 radical (unpaired) electrons. The van der Waals surface area contributed by atoms with E-state index in [1.54, 1.807) is 18.2 Å². The highest BCUT2D eigenvalue weighted by atomic mass is 19.4. The molecule has 2 N–H and O–H groups in total. The maximum Gasteiger partial charge on any atom is 0.439 e. The SMILES string of the molecule is O=C([C@H](O)c1ccccc1)N1N=C2CCCC[C@H]2[C@]1(O)C(F)(F)F. The molecule has 0 saturated heterocycles. The van der Waals surface area contributed by atoms with Gasteiger partial charge in [-0.2, -0.15) is 23.3 Å². The van der Waals surface area contributed by atoms with Gasteiger partial charge in [0, 0.05) is 5.71 Å². The van der Waals surface area contributed by atoms with Gasteiger partial charge in [-0.25, -0.2) is 0 Å². The molecule has 2 aliphatic rings. The molecule has 1 amide bonds. The van der Waals surface area contributed by atoms with E-state index in [2.05, 4.69) is 5.10 Å². The van der Waals surface area contributed by atoms with Gasteiger partial charge < -0.3 is 10.2 Å².